The number of ether oxygens (including phenoxy) is 1. The molecule has 120 valence electrons. The van der Waals surface area contributed by atoms with Crippen molar-refractivity contribution >= 4 is 18.7 Å². The van der Waals surface area contributed by atoms with Crippen LogP contribution in [0.15, 0.2) is 36.5 Å². The lowest BCUT2D eigenvalue weighted by atomic mass is 9.88. The Labute approximate surface area is 134 Å². The monoisotopic (exact) mass is 316 g/mol. The molecule has 23 heavy (non-hydrogen) atoms. The fraction of sp³-hybridized carbons (Fsp3) is 0.250. The lowest BCUT2D eigenvalue weighted by Crippen LogP contribution is -2.22. The molecule has 1 aromatic heterocycles. The summed E-state index contributed by atoms with van der Waals surface area (Å²) in [6.45, 7) is 3.50. The Kier molecular flexibility index (Phi) is 5.70. The second kappa shape index (κ2) is 7.74. The number of esters is 1. The average molecular weight is 316 g/mol. The van der Waals surface area contributed by atoms with E-state index in [-0.39, 0.29) is 18.1 Å². The molecule has 0 amide bonds. The van der Waals surface area contributed by atoms with E-state index in [4.69, 9.17) is 4.74 Å². The maximum Gasteiger partial charge on any atom is 0.406 e. The number of carbonyl (C=O) groups excluding carboxylic acids is 1. The number of benzene rings is 1. The van der Waals surface area contributed by atoms with E-state index in [1.54, 1.807) is 38.1 Å². The van der Waals surface area contributed by atoms with Crippen LogP contribution in [-0.2, 0) is 11.2 Å². The number of nitrogens with one attached hydrogen (secondary N) is 1. The summed E-state index contributed by atoms with van der Waals surface area (Å²) < 4.78 is 17.9. The third-order valence-corrected chi connectivity index (χ3v) is 3.10. The Hall–Kier alpha value is -2.41. The Balaban J connectivity index is 2.27. The van der Waals surface area contributed by atoms with Crippen molar-refractivity contribution in [2.45, 2.75) is 20.2 Å². The molecule has 5 nitrogen and oxygen atoms in total. The minimum Gasteiger partial charge on any atom is -0.461 e. The van der Waals surface area contributed by atoms with Gasteiger partial charge in [0.2, 0.25) is 0 Å². The topological polar surface area (TPSA) is 71.5 Å². The highest BCUT2D eigenvalue weighted by Gasteiger charge is 2.17. The van der Waals surface area contributed by atoms with Crippen molar-refractivity contribution in [3.05, 3.63) is 59.2 Å². The molecule has 2 N–H and O–H groups in total. The Bertz CT molecular complexity index is 678. The van der Waals surface area contributed by atoms with Gasteiger partial charge in [-0.05, 0) is 49.5 Å². The predicted molar refractivity (Wildman–Crippen MR) is 86.9 cm³/mol. The normalized spacial score (nSPS) is 10.3. The van der Waals surface area contributed by atoms with Gasteiger partial charge in [-0.25, -0.2) is 14.2 Å². The van der Waals surface area contributed by atoms with Crippen LogP contribution in [0, 0.1) is 5.82 Å². The van der Waals surface area contributed by atoms with Gasteiger partial charge in [0.1, 0.15) is 5.82 Å². The fourth-order valence-electron chi connectivity index (χ4n) is 2.14. The van der Waals surface area contributed by atoms with E-state index in [9.17, 15) is 14.2 Å². The van der Waals surface area contributed by atoms with E-state index in [1.165, 1.54) is 12.1 Å². The van der Waals surface area contributed by atoms with Crippen LogP contribution in [0.3, 0.4) is 0 Å². The summed E-state index contributed by atoms with van der Waals surface area (Å²) in [7, 11) is -0.842. The molecule has 0 bridgehead atoms. The third-order valence-electron chi connectivity index (χ3n) is 3.10. The zero-order valence-electron chi connectivity index (χ0n) is 13.0. The molecule has 7 heteroatoms. The van der Waals surface area contributed by atoms with Crippen molar-refractivity contribution in [1.82, 2.24) is 4.98 Å². The zero-order chi connectivity index (χ0) is 16.8. The van der Waals surface area contributed by atoms with Crippen LogP contribution in [0.2, 0.25) is 6.82 Å². The first kappa shape index (κ1) is 17.0. The van der Waals surface area contributed by atoms with Gasteiger partial charge < -0.3 is 15.0 Å². The van der Waals surface area contributed by atoms with Crippen LogP contribution >= 0.6 is 0 Å². The van der Waals surface area contributed by atoms with Crippen LogP contribution in [0.5, 0.6) is 0 Å². The van der Waals surface area contributed by atoms with Gasteiger partial charge in [0, 0.05) is 6.20 Å². The largest absolute Gasteiger partial charge is 0.461 e. The minimum absolute atomic E-state index is 0.121. The van der Waals surface area contributed by atoms with Crippen molar-refractivity contribution < 1.29 is 18.9 Å². The van der Waals surface area contributed by atoms with Crippen LogP contribution in [0.1, 0.15) is 28.5 Å². The van der Waals surface area contributed by atoms with E-state index in [0.29, 0.717) is 12.1 Å². The zero-order valence-corrected chi connectivity index (χ0v) is 13.0. The molecule has 0 radical (unpaired) electrons. The van der Waals surface area contributed by atoms with E-state index < -0.39 is 13.0 Å². The Morgan fingerprint density at radius 3 is 2.65 bits per heavy atom. The number of halogens is 1. The van der Waals surface area contributed by atoms with E-state index >= 15 is 0 Å². The second-order valence-electron chi connectivity index (χ2n) is 5.08. The SMILES string of the molecule is CCOC(=O)c1ncc(Cc2ccc(F)cc2)cc1NB(C)O. The maximum atomic E-state index is 12.9. The number of anilines is 1. The van der Waals surface area contributed by atoms with Crippen LogP contribution in [-0.4, -0.2) is 29.6 Å². The number of carbonyl (C=O) groups is 1. The molecular weight excluding hydrogens is 298 g/mol. The van der Waals surface area contributed by atoms with Gasteiger partial charge in [-0.1, -0.05) is 12.1 Å². The number of hydrogen-bond acceptors (Lipinski definition) is 5. The molecule has 0 fully saturated rings. The fourth-order valence-corrected chi connectivity index (χ4v) is 2.14. The number of nitrogens with zero attached hydrogens (tertiary/aromatic N) is 1. The molecule has 0 aliphatic rings. The molecule has 1 heterocycles. The first-order valence-corrected chi connectivity index (χ1v) is 7.34. The van der Waals surface area contributed by atoms with Crippen molar-refractivity contribution in [3.8, 4) is 0 Å². The van der Waals surface area contributed by atoms with Crippen molar-refractivity contribution in [3.63, 3.8) is 0 Å². The van der Waals surface area contributed by atoms with Crippen LogP contribution in [0.4, 0.5) is 10.1 Å². The van der Waals surface area contributed by atoms with Gasteiger partial charge in [-0.2, -0.15) is 0 Å². The van der Waals surface area contributed by atoms with Crippen LogP contribution in [0.25, 0.3) is 0 Å². The minimum atomic E-state index is -0.842. The summed E-state index contributed by atoms with van der Waals surface area (Å²) in [4.78, 5) is 16.0. The van der Waals surface area contributed by atoms with Gasteiger partial charge in [-0.3, -0.25) is 0 Å². The van der Waals surface area contributed by atoms with Gasteiger partial charge in [-0.15, -0.1) is 0 Å². The number of hydrogen-bond donors (Lipinski definition) is 2. The van der Waals surface area contributed by atoms with Gasteiger partial charge in [0.15, 0.2) is 5.69 Å². The van der Waals surface area contributed by atoms with Crippen LogP contribution < -0.4 is 5.23 Å². The highest BCUT2D eigenvalue weighted by molar-refractivity contribution is 6.53. The smallest absolute Gasteiger partial charge is 0.406 e. The quantitative estimate of drug-likeness (QED) is 0.633. The van der Waals surface area contributed by atoms with Gasteiger partial charge in [0.05, 0.1) is 12.3 Å². The molecule has 0 aliphatic heterocycles. The molecule has 2 aromatic rings. The third kappa shape index (κ3) is 4.79. The number of pyridine rings is 1. The average Bonchev–Trinajstić information content (AvgIpc) is 2.49. The lowest BCUT2D eigenvalue weighted by Gasteiger charge is -2.13. The molecule has 0 atom stereocenters. The molecular formula is C16H18BFN2O3. The summed E-state index contributed by atoms with van der Waals surface area (Å²) in [6.07, 6.45) is 2.10. The number of rotatable bonds is 6. The Morgan fingerprint density at radius 2 is 2.04 bits per heavy atom. The lowest BCUT2D eigenvalue weighted by molar-refractivity contribution is 0.0521. The summed E-state index contributed by atoms with van der Waals surface area (Å²) >= 11 is 0. The highest BCUT2D eigenvalue weighted by atomic mass is 19.1. The maximum absolute atomic E-state index is 12.9. The molecule has 2 rings (SSSR count). The molecule has 1 aromatic carbocycles. The number of aromatic nitrogens is 1. The summed E-state index contributed by atoms with van der Waals surface area (Å²) in [5.41, 5.74) is 2.27. The highest BCUT2D eigenvalue weighted by Crippen LogP contribution is 2.19. The first-order valence-electron chi connectivity index (χ1n) is 7.34. The van der Waals surface area contributed by atoms with Crippen molar-refractivity contribution in [2.75, 3.05) is 11.8 Å². The standard InChI is InChI=1S/C16H18BFN2O3/c1-3-23-16(21)15-14(20-17(2)22)9-12(10-19-15)8-11-4-6-13(18)7-5-11/h4-7,9-10,20,22H,3,8H2,1-2H3. The van der Waals surface area contributed by atoms with Crippen molar-refractivity contribution in [1.29, 1.82) is 0 Å². The molecule has 0 spiro atoms. The van der Waals surface area contributed by atoms with E-state index in [2.05, 4.69) is 10.2 Å². The summed E-state index contributed by atoms with van der Waals surface area (Å²) in [6, 6.07) is 7.90. The van der Waals surface area contributed by atoms with Crippen molar-refractivity contribution in [2.24, 2.45) is 0 Å². The van der Waals surface area contributed by atoms with Gasteiger partial charge >= 0.3 is 13.0 Å². The summed E-state index contributed by atoms with van der Waals surface area (Å²) in [5, 5.41) is 12.3. The Morgan fingerprint density at radius 1 is 1.35 bits per heavy atom. The molecule has 0 aliphatic carbocycles. The predicted octanol–water partition coefficient (Wildman–Crippen LogP) is 2.51. The van der Waals surface area contributed by atoms with E-state index in [1.807, 2.05) is 0 Å². The molecule has 0 saturated carbocycles. The van der Waals surface area contributed by atoms with Gasteiger partial charge in [0.25, 0.3) is 0 Å². The first-order chi connectivity index (χ1) is 11.0. The van der Waals surface area contributed by atoms with E-state index in [0.717, 1.165) is 11.1 Å². The molecule has 0 saturated heterocycles. The molecule has 0 unspecified atom stereocenters. The summed E-state index contributed by atoms with van der Waals surface area (Å²) in [5.74, 6) is -0.843. The second-order valence-corrected chi connectivity index (χ2v) is 5.08.